The normalized spacial score (nSPS) is 10.9. The molecule has 0 amide bonds. The number of rotatable bonds is 7. The molecule has 0 atom stereocenters. The second-order valence-electron chi connectivity index (χ2n) is 6.45. The summed E-state index contributed by atoms with van der Waals surface area (Å²) >= 11 is 0. The van der Waals surface area contributed by atoms with Crippen molar-refractivity contribution in [3.05, 3.63) is 107 Å². The van der Waals surface area contributed by atoms with Gasteiger partial charge < -0.3 is 0 Å². The molecule has 0 aliphatic heterocycles. The van der Waals surface area contributed by atoms with Crippen LogP contribution in [0, 0.1) is 0 Å². The Hall–Kier alpha value is -2.34. The predicted molar refractivity (Wildman–Crippen MR) is 104 cm³/mol. The van der Waals surface area contributed by atoms with Gasteiger partial charge in [0.25, 0.3) is 0 Å². The lowest BCUT2D eigenvalue weighted by Crippen LogP contribution is -2.03. The highest BCUT2D eigenvalue weighted by atomic mass is 14.2. The third kappa shape index (κ3) is 4.14. The Bertz CT molecular complexity index is 672. The van der Waals surface area contributed by atoms with Crippen molar-refractivity contribution in [3.8, 4) is 0 Å². The monoisotopic (exact) mass is 314 g/mol. The van der Waals surface area contributed by atoms with Gasteiger partial charge in [-0.2, -0.15) is 0 Å². The molecule has 0 radical (unpaired) electrons. The van der Waals surface area contributed by atoms with Crippen molar-refractivity contribution in [1.29, 1.82) is 0 Å². The molecule has 24 heavy (non-hydrogen) atoms. The minimum atomic E-state index is 0.303. The van der Waals surface area contributed by atoms with Gasteiger partial charge in [-0.15, -0.1) is 0 Å². The third-order valence-electron chi connectivity index (χ3n) is 4.65. The Morgan fingerprint density at radius 3 is 1.58 bits per heavy atom. The Kier molecular flexibility index (Phi) is 5.85. The van der Waals surface area contributed by atoms with Crippen molar-refractivity contribution in [3.63, 3.8) is 0 Å². The molecule has 3 aromatic carbocycles. The first kappa shape index (κ1) is 16.5. The van der Waals surface area contributed by atoms with Gasteiger partial charge in [-0.25, -0.2) is 0 Å². The van der Waals surface area contributed by atoms with Gasteiger partial charge in [-0.1, -0.05) is 105 Å². The summed E-state index contributed by atoms with van der Waals surface area (Å²) in [5.41, 5.74) is 5.52. The average Bonchev–Trinajstić information content (AvgIpc) is 2.65. The number of aryl methyl sites for hydroxylation is 1. The highest BCUT2D eigenvalue weighted by Gasteiger charge is 2.16. The van der Waals surface area contributed by atoms with Crippen LogP contribution in [-0.4, -0.2) is 0 Å². The van der Waals surface area contributed by atoms with Crippen molar-refractivity contribution in [2.45, 2.75) is 38.5 Å². The largest absolute Gasteiger partial charge is 0.0654 e. The van der Waals surface area contributed by atoms with E-state index in [-0.39, 0.29) is 0 Å². The minimum absolute atomic E-state index is 0.303. The topological polar surface area (TPSA) is 0 Å². The smallest absolute Gasteiger partial charge is 0.0339 e. The summed E-state index contributed by atoms with van der Waals surface area (Å²) in [7, 11) is 0. The van der Waals surface area contributed by atoms with Crippen LogP contribution in [0.5, 0.6) is 0 Å². The Balaban J connectivity index is 1.89. The highest BCUT2D eigenvalue weighted by Crippen LogP contribution is 2.31. The van der Waals surface area contributed by atoms with E-state index in [4.69, 9.17) is 0 Å². The van der Waals surface area contributed by atoms with Crippen LogP contribution in [0.25, 0.3) is 0 Å². The van der Waals surface area contributed by atoms with Crippen LogP contribution in [0.4, 0.5) is 0 Å². The number of hydrogen-bond acceptors (Lipinski definition) is 0. The first-order valence-electron chi connectivity index (χ1n) is 9.07. The lowest BCUT2D eigenvalue weighted by atomic mass is 9.85. The molecule has 0 N–H and O–H groups in total. The van der Waals surface area contributed by atoms with Crippen molar-refractivity contribution < 1.29 is 0 Å². The van der Waals surface area contributed by atoms with E-state index in [1.807, 2.05) is 0 Å². The van der Waals surface area contributed by atoms with E-state index in [2.05, 4.69) is 91.9 Å². The molecule has 0 heterocycles. The molecular formula is C24H26. The Labute approximate surface area is 146 Å². The van der Waals surface area contributed by atoms with E-state index in [1.54, 1.807) is 0 Å². The summed E-state index contributed by atoms with van der Waals surface area (Å²) in [6.45, 7) is 2.26. The first-order valence-corrected chi connectivity index (χ1v) is 9.07. The van der Waals surface area contributed by atoms with E-state index in [0.717, 1.165) is 0 Å². The van der Waals surface area contributed by atoms with Gasteiger partial charge in [0.05, 0.1) is 0 Å². The molecule has 3 rings (SSSR count). The van der Waals surface area contributed by atoms with E-state index in [1.165, 1.54) is 47.9 Å². The molecule has 0 aromatic heterocycles. The van der Waals surface area contributed by atoms with Gasteiger partial charge >= 0.3 is 0 Å². The lowest BCUT2D eigenvalue weighted by Gasteiger charge is -2.19. The molecule has 0 fully saturated rings. The van der Waals surface area contributed by atoms with Gasteiger partial charge in [0, 0.05) is 5.92 Å². The number of hydrogen-bond donors (Lipinski definition) is 0. The molecule has 3 aromatic rings. The number of unbranched alkanes of at least 4 members (excludes halogenated alkanes) is 2. The maximum absolute atomic E-state index is 2.31. The molecule has 0 unspecified atom stereocenters. The van der Waals surface area contributed by atoms with Crippen molar-refractivity contribution in [2.75, 3.05) is 0 Å². The summed E-state index contributed by atoms with van der Waals surface area (Å²) in [6, 6.07) is 30.8. The fourth-order valence-corrected chi connectivity index (χ4v) is 3.32. The molecule has 0 nitrogen and oxygen atoms in total. The van der Waals surface area contributed by atoms with Crippen LogP contribution in [0.2, 0.25) is 0 Å². The van der Waals surface area contributed by atoms with Crippen LogP contribution in [0.3, 0.4) is 0 Å². The molecule has 0 bridgehead atoms. The van der Waals surface area contributed by atoms with Gasteiger partial charge in [-0.05, 0) is 35.1 Å². The number of benzene rings is 3. The Morgan fingerprint density at radius 1 is 0.583 bits per heavy atom. The fourth-order valence-electron chi connectivity index (χ4n) is 3.32. The molecular weight excluding hydrogens is 288 g/mol. The average molecular weight is 314 g/mol. The minimum Gasteiger partial charge on any atom is -0.0654 e. The van der Waals surface area contributed by atoms with Crippen molar-refractivity contribution >= 4 is 0 Å². The Morgan fingerprint density at radius 2 is 1.08 bits per heavy atom. The lowest BCUT2D eigenvalue weighted by molar-refractivity contribution is 0.717. The zero-order valence-corrected chi connectivity index (χ0v) is 14.5. The zero-order valence-electron chi connectivity index (χ0n) is 14.5. The van der Waals surface area contributed by atoms with Gasteiger partial charge in [-0.3, -0.25) is 0 Å². The molecule has 0 spiro atoms. The summed E-state index contributed by atoms with van der Waals surface area (Å²) in [6.07, 6.45) is 5.08. The second-order valence-corrected chi connectivity index (χ2v) is 6.45. The van der Waals surface area contributed by atoms with Crippen LogP contribution in [0.1, 0.15) is 54.4 Å². The molecule has 122 valence electrons. The third-order valence-corrected chi connectivity index (χ3v) is 4.65. The predicted octanol–water partition coefficient (Wildman–Crippen LogP) is 6.60. The first-order chi connectivity index (χ1) is 11.9. The van der Waals surface area contributed by atoms with E-state index in [9.17, 15) is 0 Å². The summed E-state index contributed by atoms with van der Waals surface area (Å²) in [5.74, 6) is 0.303. The van der Waals surface area contributed by atoms with Gasteiger partial charge in [0.15, 0.2) is 0 Å². The van der Waals surface area contributed by atoms with E-state index >= 15 is 0 Å². The van der Waals surface area contributed by atoms with Crippen LogP contribution in [-0.2, 0) is 6.42 Å². The SMILES string of the molecule is CCCCCc1ccc(C(c2ccccc2)c2ccccc2)cc1. The standard InChI is InChI=1S/C24H26/c1-2-3-6-11-20-16-18-23(19-17-20)24(21-12-7-4-8-13-21)22-14-9-5-10-15-22/h4-5,7-10,12-19,24H,2-3,6,11H2,1H3. The highest BCUT2D eigenvalue weighted by molar-refractivity contribution is 5.43. The molecule has 0 heteroatoms. The van der Waals surface area contributed by atoms with E-state index in [0.29, 0.717) is 5.92 Å². The summed E-state index contributed by atoms with van der Waals surface area (Å²) in [5, 5.41) is 0. The van der Waals surface area contributed by atoms with Crippen LogP contribution >= 0.6 is 0 Å². The quantitative estimate of drug-likeness (QED) is 0.340. The van der Waals surface area contributed by atoms with Crippen molar-refractivity contribution in [1.82, 2.24) is 0 Å². The zero-order chi connectivity index (χ0) is 16.6. The van der Waals surface area contributed by atoms with E-state index < -0.39 is 0 Å². The maximum Gasteiger partial charge on any atom is 0.0339 e. The maximum atomic E-state index is 2.31. The van der Waals surface area contributed by atoms with Crippen LogP contribution < -0.4 is 0 Å². The molecule has 0 saturated heterocycles. The van der Waals surface area contributed by atoms with Crippen LogP contribution in [0.15, 0.2) is 84.9 Å². The molecule has 0 aliphatic rings. The molecule has 0 saturated carbocycles. The second kappa shape index (κ2) is 8.49. The summed E-state index contributed by atoms with van der Waals surface area (Å²) < 4.78 is 0. The van der Waals surface area contributed by atoms with Gasteiger partial charge in [0.2, 0.25) is 0 Å². The molecule has 0 aliphatic carbocycles. The summed E-state index contributed by atoms with van der Waals surface area (Å²) in [4.78, 5) is 0. The van der Waals surface area contributed by atoms with Crippen molar-refractivity contribution in [2.24, 2.45) is 0 Å². The fraction of sp³-hybridized carbons (Fsp3) is 0.250. The van der Waals surface area contributed by atoms with Gasteiger partial charge in [0.1, 0.15) is 0 Å².